The van der Waals surface area contributed by atoms with Gasteiger partial charge in [0.15, 0.2) is 17.4 Å². The SMILES string of the molecule is CCN(Cc1ccc2oc(CCc3nc(C)oc3C)nc2c1)C(=O)Oc1ccc(Br)cc1. The minimum absolute atomic E-state index is 0.394. The van der Waals surface area contributed by atoms with Gasteiger partial charge in [0.25, 0.3) is 0 Å². The lowest BCUT2D eigenvalue weighted by Crippen LogP contribution is -2.32. The van der Waals surface area contributed by atoms with Crippen LogP contribution in [0.3, 0.4) is 0 Å². The van der Waals surface area contributed by atoms with Gasteiger partial charge in [-0.15, -0.1) is 0 Å². The standard InChI is InChI=1S/C24H24BrN3O4/c1-4-28(24(29)31-19-8-6-18(25)7-9-19)14-17-5-11-22-21(13-17)27-23(32-22)12-10-20-15(2)30-16(3)26-20/h5-9,11,13H,4,10,12,14H2,1-3H3. The third-order valence-electron chi connectivity index (χ3n) is 5.10. The molecule has 8 heteroatoms. The number of benzene rings is 2. The molecule has 0 bridgehead atoms. The van der Waals surface area contributed by atoms with Gasteiger partial charge in [-0.1, -0.05) is 22.0 Å². The van der Waals surface area contributed by atoms with Gasteiger partial charge >= 0.3 is 6.09 Å². The Kier molecular flexibility index (Phi) is 6.60. The summed E-state index contributed by atoms with van der Waals surface area (Å²) in [7, 11) is 0. The highest BCUT2D eigenvalue weighted by Gasteiger charge is 2.16. The normalized spacial score (nSPS) is 11.1. The lowest BCUT2D eigenvalue weighted by molar-refractivity contribution is 0.152. The van der Waals surface area contributed by atoms with E-state index >= 15 is 0 Å². The molecule has 2 aromatic heterocycles. The fourth-order valence-electron chi connectivity index (χ4n) is 3.45. The molecule has 0 N–H and O–H groups in total. The summed E-state index contributed by atoms with van der Waals surface area (Å²) < 4.78 is 17.8. The number of nitrogens with zero attached hydrogens (tertiary/aromatic N) is 3. The van der Waals surface area contributed by atoms with Crippen molar-refractivity contribution in [2.24, 2.45) is 0 Å². The average molecular weight is 498 g/mol. The van der Waals surface area contributed by atoms with E-state index in [-0.39, 0.29) is 0 Å². The van der Waals surface area contributed by atoms with Crippen molar-refractivity contribution in [3.05, 3.63) is 75.7 Å². The highest BCUT2D eigenvalue weighted by atomic mass is 79.9. The first-order valence-electron chi connectivity index (χ1n) is 10.4. The summed E-state index contributed by atoms with van der Waals surface area (Å²) in [6, 6.07) is 12.9. The molecule has 2 aromatic carbocycles. The Morgan fingerprint density at radius 1 is 1.06 bits per heavy atom. The maximum Gasteiger partial charge on any atom is 0.415 e. The molecule has 0 atom stereocenters. The van der Waals surface area contributed by atoms with Crippen molar-refractivity contribution in [3.63, 3.8) is 0 Å². The number of aryl methyl sites for hydroxylation is 4. The van der Waals surface area contributed by atoms with Crippen molar-refractivity contribution in [2.45, 2.75) is 40.2 Å². The van der Waals surface area contributed by atoms with E-state index in [1.54, 1.807) is 17.0 Å². The molecule has 0 spiro atoms. The van der Waals surface area contributed by atoms with Gasteiger partial charge in [0.2, 0.25) is 0 Å². The van der Waals surface area contributed by atoms with Crippen LogP contribution in [0.1, 0.15) is 35.7 Å². The van der Waals surface area contributed by atoms with Crippen molar-refractivity contribution in [2.75, 3.05) is 6.54 Å². The Morgan fingerprint density at radius 2 is 1.84 bits per heavy atom. The van der Waals surface area contributed by atoms with Crippen LogP contribution in [0.2, 0.25) is 0 Å². The Labute approximate surface area is 194 Å². The second-order valence-corrected chi connectivity index (χ2v) is 8.40. The quantitative estimate of drug-likeness (QED) is 0.311. The molecule has 0 unspecified atom stereocenters. The summed E-state index contributed by atoms with van der Waals surface area (Å²) in [6.45, 7) is 6.61. The van der Waals surface area contributed by atoms with Crippen LogP contribution in [0.5, 0.6) is 5.75 Å². The number of carbonyl (C=O) groups excluding carboxylic acids is 1. The van der Waals surface area contributed by atoms with Gasteiger partial charge in [-0.2, -0.15) is 0 Å². The second kappa shape index (κ2) is 9.56. The van der Waals surface area contributed by atoms with E-state index in [1.165, 1.54) is 0 Å². The number of oxazole rings is 2. The second-order valence-electron chi connectivity index (χ2n) is 7.48. The van der Waals surface area contributed by atoms with Crippen LogP contribution in [0.25, 0.3) is 11.1 Å². The predicted octanol–water partition coefficient (Wildman–Crippen LogP) is 6.00. The third-order valence-corrected chi connectivity index (χ3v) is 5.63. The van der Waals surface area contributed by atoms with Crippen molar-refractivity contribution in [1.29, 1.82) is 0 Å². The van der Waals surface area contributed by atoms with E-state index in [1.807, 2.05) is 51.1 Å². The molecule has 0 radical (unpaired) electrons. The summed E-state index contributed by atoms with van der Waals surface area (Å²) in [5.74, 6) is 2.65. The Morgan fingerprint density at radius 3 is 2.53 bits per heavy atom. The number of aromatic nitrogens is 2. The maximum atomic E-state index is 12.6. The van der Waals surface area contributed by atoms with Crippen LogP contribution >= 0.6 is 15.9 Å². The van der Waals surface area contributed by atoms with E-state index in [0.29, 0.717) is 43.5 Å². The molecule has 0 aliphatic carbocycles. The first-order valence-corrected chi connectivity index (χ1v) is 11.2. The van der Waals surface area contributed by atoms with E-state index in [9.17, 15) is 4.79 Å². The van der Waals surface area contributed by atoms with Gasteiger partial charge in [-0.3, -0.25) is 0 Å². The van der Waals surface area contributed by atoms with Gasteiger partial charge < -0.3 is 18.5 Å². The minimum atomic E-state index is -0.394. The van der Waals surface area contributed by atoms with Crippen molar-refractivity contribution < 1.29 is 18.4 Å². The third kappa shape index (κ3) is 5.19. The smallest absolute Gasteiger partial charge is 0.415 e. The van der Waals surface area contributed by atoms with Gasteiger partial charge in [-0.05, 0) is 55.8 Å². The molecule has 0 saturated carbocycles. The van der Waals surface area contributed by atoms with Crippen LogP contribution in [-0.2, 0) is 19.4 Å². The molecule has 0 aliphatic heterocycles. The number of fused-ring (bicyclic) bond motifs is 1. The van der Waals surface area contributed by atoms with Gasteiger partial charge in [0.05, 0.1) is 5.69 Å². The van der Waals surface area contributed by atoms with Gasteiger partial charge in [0.1, 0.15) is 17.0 Å². The van der Waals surface area contributed by atoms with Gasteiger partial charge in [-0.25, -0.2) is 14.8 Å². The van der Waals surface area contributed by atoms with Crippen LogP contribution in [0.4, 0.5) is 4.79 Å². The fourth-order valence-corrected chi connectivity index (χ4v) is 3.71. The highest BCUT2D eigenvalue weighted by Crippen LogP contribution is 2.21. The van der Waals surface area contributed by atoms with E-state index in [0.717, 1.165) is 32.6 Å². The molecule has 32 heavy (non-hydrogen) atoms. The largest absolute Gasteiger partial charge is 0.446 e. The molecular weight excluding hydrogens is 474 g/mol. The number of amides is 1. The molecule has 0 fully saturated rings. The number of rotatable bonds is 7. The monoisotopic (exact) mass is 497 g/mol. The summed E-state index contributed by atoms with van der Waals surface area (Å²) in [5.41, 5.74) is 3.36. The first kappa shape index (κ1) is 22.1. The van der Waals surface area contributed by atoms with Crippen molar-refractivity contribution in [3.8, 4) is 5.75 Å². The van der Waals surface area contributed by atoms with E-state index in [2.05, 4.69) is 25.9 Å². The number of halogens is 1. The molecule has 166 valence electrons. The summed E-state index contributed by atoms with van der Waals surface area (Å²) in [4.78, 5) is 23.2. The van der Waals surface area contributed by atoms with Crippen LogP contribution in [0.15, 0.2) is 55.8 Å². The molecular formula is C24H24BrN3O4. The number of hydrogen-bond acceptors (Lipinski definition) is 6. The lowest BCUT2D eigenvalue weighted by Gasteiger charge is -2.20. The zero-order valence-corrected chi connectivity index (χ0v) is 19.8. The summed E-state index contributed by atoms with van der Waals surface area (Å²) >= 11 is 3.37. The van der Waals surface area contributed by atoms with Crippen LogP contribution < -0.4 is 4.74 Å². The first-order chi connectivity index (χ1) is 15.4. The fraction of sp³-hybridized carbons (Fsp3) is 0.292. The summed E-state index contributed by atoms with van der Waals surface area (Å²) in [5, 5.41) is 0. The lowest BCUT2D eigenvalue weighted by atomic mass is 10.2. The molecule has 4 aromatic rings. The van der Waals surface area contributed by atoms with Crippen LogP contribution in [0, 0.1) is 13.8 Å². The zero-order chi connectivity index (χ0) is 22.7. The van der Waals surface area contributed by atoms with E-state index < -0.39 is 6.09 Å². The zero-order valence-electron chi connectivity index (χ0n) is 18.2. The van der Waals surface area contributed by atoms with Crippen molar-refractivity contribution in [1.82, 2.24) is 14.9 Å². The highest BCUT2D eigenvalue weighted by molar-refractivity contribution is 9.10. The Bertz CT molecular complexity index is 1230. The topological polar surface area (TPSA) is 81.6 Å². The molecule has 7 nitrogen and oxygen atoms in total. The molecule has 0 saturated heterocycles. The number of hydrogen-bond donors (Lipinski definition) is 0. The average Bonchev–Trinajstić information content (AvgIpc) is 3.32. The van der Waals surface area contributed by atoms with Gasteiger partial charge in [0, 0.05) is 37.3 Å². The molecule has 2 heterocycles. The summed E-state index contributed by atoms with van der Waals surface area (Å²) in [6.07, 6.45) is 0.945. The molecule has 4 rings (SSSR count). The van der Waals surface area contributed by atoms with E-state index in [4.69, 9.17) is 13.6 Å². The van der Waals surface area contributed by atoms with Crippen molar-refractivity contribution >= 4 is 33.1 Å². The molecule has 0 aliphatic rings. The minimum Gasteiger partial charge on any atom is -0.446 e. The Balaban J connectivity index is 1.42. The predicted molar refractivity (Wildman–Crippen MR) is 124 cm³/mol. The number of carbonyl (C=O) groups is 1. The van der Waals surface area contributed by atoms with Crippen LogP contribution in [-0.4, -0.2) is 27.5 Å². The number of ether oxygens (including phenoxy) is 1. The Hall–Kier alpha value is -3.13. The molecule has 1 amide bonds. The maximum absolute atomic E-state index is 12.6.